The second kappa shape index (κ2) is 7.03. The van der Waals surface area contributed by atoms with Gasteiger partial charge in [0.2, 0.25) is 5.91 Å². The summed E-state index contributed by atoms with van der Waals surface area (Å²) in [5, 5.41) is 7.35. The number of halogens is 3. The van der Waals surface area contributed by atoms with Crippen LogP contribution in [0.25, 0.3) is 0 Å². The number of nitrogens with one attached hydrogen (secondary N) is 2. The lowest BCUT2D eigenvalue weighted by Gasteiger charge is -2.10. The molecule has 0 bridgehead atoms. The van der Waals surface area contributed by atoms with Gasteiger partial charge in [-0.3, -0.25) is 4.79 Å². The Morgan fingerprint density at radius 1 is 1.05 bits per heavy atom. The van der Waals surface area contributed by atoms with Crippen molar-refractivity contribution in [3.8, 4) is 0 Å². The van der Waals surface area contributed by atoms with E-state index < -0.39 is 0 Å². The molecule has 2 N–H and O–H groups in total. The molecule has 0 saturated heterocycles. The molecule has 0 radical (unpaired) electrons. The molecule has 0 atom stereocenters. The lowest BCUT2D eigenvalue weighted by atomic mass is 10.2. The van der Waals surface area contributed by atoms with Crippen molar-refractivity contribution in [1.29, 1.82) is 0 Å². The van der Waals surface area contributed by atoms with E-state index >= 15 is 0 Å². The maximum Gasteiger partial charge on any atom is 0.243 e. The minimum Gasteiger partial charge on any atom is -0.375 e. The summed E-state index contributed by atoms with van der Waals surface area (Å²) in [6, 6.07) is 10.4. The standard InChI is InChI=1S/C15H13Cl3N2O/c1-9-2-4-11(7-13(9)18)20-15(21)8-19-14-6-10(16)3-5-12(14)17/h2-7,19H,8H2,1H3,(H,20,21). The Kier molecular flexibility index (Phi) is 5.34. The first kappa shape index (κ1) is 16.0. The highest BCUT2D eigenvalue weighted by molar-refractivity contribution is 6.35. The van der Waals surface area contributed by atoms with Gasteiger partial charge >= 0.3 is 0 Å². The third kappa shape index (κ3) is 4.53. The summed E-state index contributed by atoms with van der Waals surface area (Å²) < 4.78 is 0. The molecule has 6 heteroatoms. The highest BCUT2D eigenvalue weighted by Crippen LogP contribution is 2.25. The van der Waals surface area contributed by atoms with Crippen LogP contribution in [0.2, 0.25) is 15.1 Å². The second-order valence-corrected chi connectivity index (χ2v) is 5.74. The number of hydrogen-bond donors (Lipinski definition) is 2. The van der Waals surface area contributed by atoms with Gasteiger partial charge in [0.25, 0.3) is 0 Å². The molecule has 2 aromatic carbocycles. The predicted octanol–water partition coefficient (Wildman–Crippen LogP) is 5.01. The number of rotatable bonds is 4. The van der Waals surface area contributed by atoms with Gasteiger partial charge in [-0.1, -0.05) is 40.9 Å². The van der Waals surface area contributed by atoms with Crippen molar-refractivity contribution in [2.45, 2.75) is 6.92 Å². The molecule has 0 aliphatic carbocycles. The van der Waals surface area contributed by atoms with Crippen LogP contribution in [0.5, 0.6) is 0 Å². The zero-order valence-electron chi connectivity index (χ0n) is 11.2. The molecule has 0 fully saturated rings. The van der Waals surface area contributed by atoms with Gasteiger partial charge in [0, 0.05) is 15.7 Å². The van der Waals surface area contributed by atoms with Gasteiger partial charge in [-0.15, -0.1) is 0 Å². The molecule has 1 amide bonds. The van der Waals surface area contributed by atoms with Crippen LogP contribution in [-0.4, -0.2) is 12.5 Å². The van der Waals surface area contributed by atoms with Crippen LogP contribution in [0.3, 0.4) is 0 Å². The SMILES string of the molecule is Cc1ccc(NC(=O)CNc2cc(Cl)ccc2Cl)cc1Cl. The highest BCUT2D eigenvalue weighted by atomic mass is 35.5. The Hall–Kier alpha value is -1.42. The molecule has 21 heavy (non-hydrogen) atoms. The Morgan fingerprint density at radius 2 is 1.81 bits per heavy atom. The molecule has 0 saturated carbocycles. The number of aryl methyl sites for hydroxylation is 1. The summed E-state index contributed by atoms with van der Waals surface area (Å²) in [6.07, 6.45) is 0. The smallest absolute Gasteiger partial charge is 0.243 e. The van der Waals surface area contributed by atoms with Crippen molar-refractivity contribution >= 4 is 52.1 Å². The summed E-state index contributed by atoms with van der Waals surface area (Å²) in [4.78, 5) is 11.9. The first-order valence-electron chi connectivity index (χ1n) is 6.20. The van der Waals surface area contributed by atoms with Gasteiger partial charge in [-0.25, -0.2) is 0 Å². The number of carbonyl (C=O) groups excluding carboxylic acids is 1. The van der Waals surface area contributed by atoms with E-state index in [0.717, 1.165) is 5.56 Å². The molecule has 0 spiro atoms. The molecule has 0 unspecified atom stereocenters. The number of amides is 1. The first-order chi connectivity index (χ1) is 9.95. The van der Waals surface area contributed by atoms with Crippen molar-refractivity contribution in [3.63, 3.8) is 0 Å². The Labute approximate surface area is 138 Å². The lowest BCUT2D eigenvalue weighted by molar-refractivity contribution is -0.114. The van der Waals surface area contributed by atoms with Gasteiger partial charge in [0.05, 0.1) is 17.3 Å². The summed E-state index contributed by atoms with van der Waals surface area (Å²) in [5.74, 6) is -0.203. The highest BCUT2D eigenvalue weighted by Gasteiger charge is 2.06. The van der Waals surface area contributed by atoms with Gasteiger partial charge in [-0.05, 0) is 42.8 Å². The number of benzene rings is 2. The van der Waals surface area contributed by atoms with Gasteiger partial charge in [-0.2, -0.15) is 0 Å². The van der Waals surface area contributed by atoms with Crippen molar-refractivity contribution in [1.82, 2.24) is 0 Å². The third-order valence-electron chi connectivity index (χ3n) is 2.82. The number of anilines is 2. The quantitative estimate of drug-likeness (QED) is 0.819. The lowest BCUT2D eigenvalue weighted by Crippen LogP contribution is -2.21. The zero-order chi connectivity index (χ0) is 15.4. The summed E-state index contributed by atoms with van der Waals surface area (Å²) in [5.41, 5.74) is 2.22. The van der Waals surface area contributed by atoms with Crippen LogP contribution in [0.1, 0.15) is 5.56 Å². The molecule has 0 aliphatic heterocycles. The van der Waals surface area contributed by atoms with E-state index in [1.165, 1.54) is 0 Å². The molecular formula is C15H13Cl3N2O. The van der Waals surface area contributed by atoms with Crippen LogP contribution >= 0.6 is 34.8 Å². The largest absolute Gasteiger partial charge is 0.375 e. The van der Waals surface area contributed by atoms with Crippen LogP contribution in [-0.2, 0) is 4.79 Å². The van der Waals surface area contributed by atoms with Gasteiger partial charge < -0.3 is 10.6 Å². The monoisotopic (exact) mass is 342 g/mol. The molecule has 0 heterocycles. The predicted molar refractivity (Wildman–Crippen MR) is 89.8 cm³/mol. The number of hydrogen-bond acceptors (Lipinski definition) is 2. The van der Waals surface area contributed by atoms with E-state index in [9.17, 15) is 4.79 Å². The Bertz CT molecular complexity index is 674. The van der Waals surface area contributed by atoms with E-state index in [4.69, 9.17) is 34.8 Å². The minimum atomic E-state index is -0.203. The van der Waals surface area contributed by atoms with Crippen LogP contribution in [0.4, 0.5) is 11.4 Å². The van der Waals surface area contributed by atoms with Gasteiger partial charge in [0.15, 0.2) is 0 Å². The fourth-order valence-electron chi connectivity index (χ4n) is 1.68. The molecule has 0 aliphatic rings. The molecule has 2 aromatic rings. The summed E-state index contributed by atoms with van der Waals surface area (Å²) in [6.45, 7) is 1.97. The molecule has 0 aromatic heterocycles. The Morgan fingerprint density at radius 3 is 2.52 bits per heavy atom. The van der Waals surface area contributed by atoms with Crippen LogP contribution in [0, 0.1) is 6.92 Å². The number of carbonyl (C=O) groups is 1. The molecule has 2 rings (SSSR count). The van der Waals surface area contributed by atoms with Crippen molar-refractivity contribution < 1.29 is 4.79 Å². The van der Waals surface area contributed by atoms with Crippen molar-refractivity contribution in [2.24, 2.45) is 0 Å². The van der Waals surface area contributed by atoms with Crippen LogP contribution < -0.4 is 10.6 Å². The average Bonchev–Trinajstić information content (AvgIpc) is 2.44. The normalized spacial score (nSPS) is 10.3. The average molecular weight is 344 g/mol. The second-order valence-electron chi connectivity index (χ2n) is 4.49. The Balaban J connectivity index is 1.95. The fourth-order valence-corrected chi connectivity index (χ4v) is 2.22. The zero-order valence-corrected chi connectivity index (χ0v) is 13.5. The van der Waals surface area contributed by atoms with Crippen molar-refractivity contribution in [2.75, 3.05) is 17.2 Å². The fraction of sp³-hybridized carbons (Fsp3) is 0.133. The minimum absolute atomic E-state index is 0.0750. The van der Waals surface area contributed by atoms with Crippen LogP contribution in [0.15, 0.2) is 36.4 Å². The van der Waals surface area contributed by atoms with E-state index in [1.807, 2.05) is 13.0 Å². The van der Waals surface area contributed by atoms with E-state index in [-0.39, 0.29) is 12.5 Å². The summed E-state index contributed by atoms with van der Waals surface area (Å²) >= 11 is 17.9. The van der Waals surface area contributed by atoms with E-state index in [1.54, 1.807) is 30.3 Å². The maximum absolute atomic E-state index is 11.9. The van der Waals surface area contributed by atoms with E-state index in [0.29, 0.717) is 26.4 Å². The van der Waals surface area contributed by atoms with Crippen molar-refractivity contribution in [3.05, 3.63) is 57.0 Å². The topological polar surface area (TPSA) is 41.1 Å². The maximum atomic E-state index is 11.9. The third-order valence-corrected chi connectivity index (χ3v) is 3.80. The summed E-state index contributed by atoms with van der Waals surface area (Å²) in [7, 11) is 0. The van der Waals surface area contributed by atoms with E-state index in [2.05, 4.69) is 10.6 Å². The first-order valence-corrected chi connectivity index (χ1v) is 7.34. The molecule has 110 valence electrons. The van der Waals surface area contributed by atoms with Gasteiger partial charge in [0.1, 0.15) is 0 Å². The molecular weight excluding hydrogens is 331 g/mol. The molecule has 3 nitrogen and oxygen atoms in total.